The van der Waals surface area contributed by atoms with Crippen molar-refractivity contribution >= 4 is 9.58 Å². The van der Waals surface area contributed by atoms with E-state index >= 15 is 0 Å². The number of benzene rings is 1. The van der Waals surface area contributed by atoms with Gasteiger partial charge in [-0.3, -0.25) is 4.68 Å². The number of hydrogen-bond acceptors (Lipinski definition) is 2. The Morgan fingerprint density at radius 3 is 1.81 bits per heavy atom. The van der Waals surface area contributed by atoms with Crippen LogP contribution in [0.3, 0.4) is 0 Å². The van der Waals surface area contributed by atoms with E-state index in [0.29, 0.717) is 0 Å². The zero-order chi connectivity index (χ0) is 19.0. The van der Waals surface area contributed by atoms with E-state index in [0.717, 1.165) is 41.0 Å². The van der Waals surface area contributed by atoms with Gasteiger partial charge in [0, 0.05) is 18.1 Å². The van der Waals surface area contributed by atoms with Crippen LogP contribution in [0.1, 0.15) is 34.6 Å². The van der Waals surface area contributed by atoms with Gasteiger partial charge in [-0.05, 0) is 41.3 Å². The Bertz CT molecular complexity index is 544. The molecule has 0 saturated heterocycles. The molecule has 1 heterocycles. The third-order valence-electron chi connectivity index (χ3n) is 5.90. The first-order valence-corrected chi connectivity index (χ1v) is 11.6. The van der Waals surface area contributed by atoms with Gasteiger partial charge in [0.25, 0.3) is 0 Å². The second-order valence-electron chi connectivity index (χ2n) is 6.86. The molecule has 0 aliphatic heterocycles. The van der Waals surface area contributed by atoms with Gasteiger partial charge in [0.2, 0.25) is 0 Å². The average molecular weight is 556 g/mol. The topological polar surface area (TPSA) is 27.1 Å². The zero-order valence-corrected chi connectivity index (χ0v) is 20.0. The minimum absolute atomic E-state index is 0. The molecule has 148 valence electrons. The third kappa shape index (κ3) is 6.40. The van der Waals surface area contributed by atoms with E-state index in [1.54, 1.807) is 24.1 Å². The van der Waals surface area contributed by atoms with Crippen LogP contribution in [0.4, 0.5) is 0 Å². The molecule has 1 aliphatic rings. The van der Waals surface area contributed by atoms with E-state index in [4.69, 9.17) is 4.74 Å². The van der Waals surface area contributed by atoms with Crippen LogP contribution >= 0.6 is 9.58 Å². The Kier molecular flexibility index (Phi) is 12.1. The maximum absolute atomic E-state index is 5.03. The Morgan fingerprint density at radius 1 is 1.00 bits per heavy atom. The number of nitrogens with zero attached hydrogens (tertiary/aromatic N) is 2. The molecular weight excluding hydrogens is 524 g/mol. The van der Waals surface area contributed by atoms with Crippen LogP contribution in [0, 0.1) is 43.1 Å². The molecule has 0 unspecified atom stereocenters. The summed E-state index contributed by atoms with van der Waals surface area (Å²) in [7, 11) is 6.27. The minimum atomic E-state index is 0. The van der Waals surface area contributed by atoms with Crippen molar-refractivity contribution in [1.82, 2.24) is 9.78 Å². The second kappa shape index (κ2) is 12.5. The van der Waals surface area contributed by atoms with E-state index in [9.17, 15) is 0 Å². The van der Waals surface area contributed by atoms with Gasteiger partial charge in [0.1, 0.15) is 0 Å². The molecule has 0 atom stereocenters. The molecule has 1 aromatic carbocycles. The number of rotatable bonds is 2. The summed E-state index contributed by atoms with van der Waals surface area (Å²) < 4.78 is 6.78. The molecule has 5 heteroatoms. The Labute approximate surface area is 174 Å². The molecule has 3 nitrogen and oxygen atoms in total. The van der Waals surface area contributed by atoms with E-state index in [1.165, 1.54) is 17.9 Å². The molecule has 0 bridgehead atoms. The molecule has 0 radical (unpaired) electrons. The number of hydrogen-bond donors (Lipinski definition) is 0. The number of aromatic nitrogens is 2. The summed E-state index contributed by atoms with van der Waals surface area (Å²) >= 11 is 1.47. The summed E-state index contributed by atoms with van der Waals surface area (Å²) in [5, 5.41) is 4.09. The fraction of sp³-hybridized carbons (Fsp3) is 0.524. The summed E-state index contributed by atoms with van der Waals surface area (Å²) in [5.41, 5.74) is 0.908. The quantitative estimate of drug-likeness (QED) is 0.425. The van der Waals surface area contributed by atoms with Crippen molar-refractivity contribution in [1.29, 1.82) is 0 Å². The van der Waals surface area contributed by atoms with Gasteiger partial charge < -0.3 is 12.2 Å². The molecule has 0 spiro atoms. The molecule has 26 heavy (non-hydrogen) atoms. The second-order valence-corrected chi connectivity index (χ2v) is 6.86. The monoisotopic (exact) mass is 556 g/mol. The van der Waals surface area contributed by atoms with Crippen LogP contribution < -0.4 is 4.74 Å². The van der Waals surface area contributed by atoms with E-state index in [1.807, 2.05) is 24.4 Å². The van der Waals surface area contributed by atoms with Crippen molar-refractivity contribution in [2.24, 2.45) is 29.6 Å². The van der Waals surface area contributed by atoms with Gasteiger partial charge in [0.15, 0.2) is 0 Å². The first-order valence-electron chi connectivity index (χ1n) is 8.64. The van der Waals surface area contributed by atoms with Gasteiger partial charge in [-0.1, -0.05) is 34.6 Å². The number of halogens is 1. The van der Waals surface area contributed by atoms with Gasteiger partial charge in [-0.15, -0.1) is 18.2 Å². The third-order valence-corrected chi connectivity index (χ3v) is 5.90. The van der Waals surface area contributed by atoms with Gasteiger partial charge >= 0.3 is 27.5 Å². The molecular formula is C21H32ClIrN2O. The van der Waals surface area contributed by atoms with Crippen molar-refractivity contribution in [2.45, 2.75) is 34.6 Å². The predicted molar refractivity (Wildman–Crippen MR) is 107 cm³/mol. The van der Waals surface area contributed by atoms with E-state index in [-0.39, 0.29) is 7.43 Å². The molecule has 2 aromatic rings. The number of ether oxygens (including phenoxy) is 1. The standard InChI is InChI=1S/C10H9N2O.C10H20.CH3.ClH.Ir/c1-13-10-5-3-9(4-6-10)12-8-2-7-11-12;1-6-7(2)9(4)10(5)8(6)3;;;/h2-3,5-8H,1H3;6-10H,1-5H3;1H3;1H;/q-1;;-1;;+3/p-1. The molecule has 1 fully saturated rings. The molecule has 1 aromatic heterocycles. The summed E-state index contributed by atoms with van der Waals surface area (Å²) in [6, 6.07) is 10.5. The van der Waals surface area contributed by atoms with Crippen molar-refractivity contribution in [3.63, 3.8) is 0 Å². The molecule has 1 saturated carbocycles. The fourth-order valence-corrected chi connectivity index (χ4v) is 3.48. The van der Waals surface area contributed by atoms with Gasteiger partial charge in [-0.2, -0.15) is 11.2 Å². The van der Waals surface area contributed by atoms with Crippen LogP contribution in [-0.4, -0.2) is 16.9 Å². The predicted octanol–water partition coefficient (Wildman–Crippen LogP) is 6.00. The van der Waals surface area contributed by atoms with Crippen LogP contribution in [-0.2, 0) is 17.9 Å². The molecule has 1 aliphatic carbocycles. The van der Waals surface area contributed by atoms with Crippen LogP contribution in [0.5, 0.6) is 5.75 Å². The Balaban J connectivity index is 0.000000436. The van der Waals surface area contributed by atoms with Crippen molar-refractivity contribution in [2.75, 3.05) is 7.11 Å². The maximum atomic E-state index is 5.03. The van der Waals surface area contributed by atoms with Crippen molar-refractivity contribution in [3.8, 4) is 11.4 Å². The van der Waals surface area contributed by atoms with Crippen molar-refractivity contribution in [3.05, 3.63) is 50.2 Å². The van der Waals surface area contributed by atoms with Crippen LogP contribution in [0.2, 0.25) is 0 Å². The molecule has 0 N–H and O–H groups in total. The number of methoxy groups -OCH3 is 1. The average Bonchev–Trinajstić information content (AvgIpc) is 3.26. The van der Waals surface area contributed by atoms with E-state index in [2.05, 4.69) is 55.4 Å². The first-order chi connectivity index (χ1) is 12.0. The Hall–Kier alpha value is -0.831. The van der Waals surface area contributed by atoms with Crippen molar-refractivity contribution < 1.29 is 22.6 Å². The molecule has 3 rings (SSSR count). The summed E-state index contributed by atoms with van der Waals surface area (Å²) in [4.78, 5) is 0. The van der Waals surface area contributed by atoms with Crippen LogP contribution in [0.25, 0.3) is 5.69 Å². The van der Waals surface area contributed by atoms with Gasteiger partial charge in [0.05, 0.1) is 7.11 Å². The summed E-state index contributed by atoms with van der Waals surface area (Å²) in [6.07, 6.45) is 3.61. The summed E-state index contributed by atoms with van der Waals surface area (Å²) in [6.45, 7) is 12.0. The summed E-state index contributed by atoms with van der Waals surface area (Å²) in [5.74, 6) is 5.48. The van der Waals surface area contributed by atoms with Crippen LogP contribution in [0.15, 0.2) is 36.7 Å². The zero-order valence-electron chi connectivity index (χ0n) is 16.9. The first kappa shape index (κ1) is 25.2. The Morgan fingerprint density at radius 2 is 1.50 bits per heavy atom. The van der Waals surface area contributed by atoms with Gasteiger partial charge in [-0.25, -0.2) is 0 Å². The molecule has 0 amide bonds. The SMILES string of the molecule is CC1C(C)C(C)C(C)C1C.COc1c[c-]c(-n2cccn2)cc1.[CH3-].[Cl][Ir+2]. The van der Waals surface area contributed by atoms with E-state index < -0.39 is 0 Å². The normalized spacial score (nSPS) is 26.5. The fourth-order valence-electron chi connectivity index (χ4n) is 3.48.